The van der Waals surface area contributed by atoms with Gasteiger partial charge in [0.25, 0.3) is 0 Å². The van der Waals surface area contributed by atoms with Crippen LogP contribution in [-0.4, -0.2) is 13.7 Å². The number of rotatable bonds is 6. The first-order valence-electron chi connectivity index (χ1n) is 6.90. The number of hydrogen-bond acceptors (Lipinski definition) is 2. The summed E-state index contributed by atoms with van der Waals surface area (Å²) in [6, 6.07) is 14.0. The van der Waals surface area contributed by atoms with Crippen molar-refractivity contribution >= 4 is 28.9 Å². The summed E-state index contributed by atoms with van der Waals surface area (Å²) in [6.45, 7) is 2.77. The highest BCUT2D eigenvalue weighted by atomic mass is 35.5. The van der Waals surface area contributed by atoms with Crippen LogP contribution in [0.2, 0.25) is 10.0 Å². The Balaban J connectivity index is 2.19. The third-order valence-corrected chi connectivity index (χ3v) is 4.25. The second kappa shape index (κ2) is 7.69. The van der Waals surface area contributed by atoms with Crippen LogP contribution in [0.5, 0.6) is 0 Å². The van der Waals surface area contributed by atoms with Gasteiger partial charge in [-0.3, -0.25) is 0 Å². The normalized spacial score (nSPS) is 12.2. The van der Waals surface area contributed by atoms with Gasteiger partial charge >= 0.3 is 0 Å². The van der Waals surface area contributed by atoms with E-state index in [9.17, 15) is 0 Å². The molecule has 0 bridgehead atoms. The molecule has 2 nitrogen and oxygen atoms in total. The molecule has 0 spiro atoms. The number of halogens is 2. The van der Waals surface area contributed by atoms with Gasteiger partial charge in [-0.25, -0.2) is 0 Å². The number of benzene rings is 2. The third kappa shape index (κ3) is 4.13. The number of methoxy groups -OCH3 is 1. The molecule has 112 valence electrons. The van der Waals surface area contributed by atoms with E-state index in [1.54, 1.807) is 13.2 Å². The molecule has 2 aromatic carbocycles. The van der Waals surface area contributed by atoms with E-state index < -0.39 is 0 Å². The van der Waals surface area contributed by atoms with E-state index in [-0.39, 0.29) is 6.04 Å². The molecular weight excluding hydrogens is 305 g/mol. The Kier molecular flexibility index (Phi) is 5.92. The monoisotopic (exact) mass is 323 g/mol. The zero-order valence-corrected chi connectivity index (χ0v) is 13.7. The molecule has 0 aliphatic carbocycles. The summed E-state index contributed by atoms with van der Waals surface area (Å²) < 4.78 is 5.16. The van der Waals surface area contributed by atoms with Crippen LogP contribution in [0.3, 0.4) is 0 Å². The SMILES string of the molecule is COCCc1ccccc1NC(C)c1cccc(Cl)c1Cl. The number of anilines is 1. The Hall–Kier alpha value is -1.22. The fourth-order valence-corrected chi connectivity index (χ4v) is 2.73. The molecule has 1 N–H and O–H groups in total. The second-order valence-electron chi connectivity index (χ2n) is 4.91. The van der Waals surface area contributed by atoms with E-state index in [1.165, 1.54) is 5.56 Å². The molecule has 0 heterocycles. The van der Waals surface area contributed by atoms with Crippen LogP contribution in [0.25, 0.3) is 0 Å². The van der Waals surface area contributed by atoms with Crippen LogP contribution in [0.4, 0.5) is 5.69 Å². The summed E-state index contributed by atoms with van der Waals surface area (Å²) in [5, 5.41) is 4.69. The molecule has 0 aliphatic heterocycles. The van der Waals surface area contributed by atoms with Crippen LogP contribution in [0.1, 0.15) is 24.1 Å². The zero-order chi connectivity index (χ0) is 15.2. The number of ether oxygens (including phenoxy) is 1. The number of para-hydroxylation sites is 1. The highest BCUT2D eigenvalue weighted by Crippen LogP contribution is 2.32. The third-order valence-electron chi connectivity index (χ3n) is 3.41. The van der Waals surface area contributed by atoms with Crippen LogP contribution in [0, 0.1) is 0 Å². The lowest BCUT2D eigenvalue weighted by molar-refractivity contribution is 0.202. The summed E-state index contributed by atoms with van der Waals surface area (Å²) in [5.74, 6) is 0. The topological polar surface area (TPSA) is 21.3 Å². The van der Waals surface area contributed by atoms with Gasteiger partial charge < -0.3 is 10.1 Å². The van der Waals surface area contributed by atoms with Gasteiger partial charge in [-0.05, 0) is 36.6 Å². The molecule has 21 heavy (non-hydrogen) atoms. The van der Waals surface area contributed by atoms with Crippen LogP contribution >= 0.6 is 23.2 Å². The van der Waals surface area contributed by atoms with Crippen molar-refractivity contribution in [3.05, 3.63) is 63.6 Å². The summed E-state index contributed by atoms with van der Waals surface area (Å²) >= 11 is 12.4. The fraction of sp³-hybridized carbons (Fsp3) is 0.294. The Labute approximate surface area is 136 Å². The van der Waals surface area contributed by atoms with Crippen molar-refractivity contribution in [2.45, 2.75) is 19.4 Å². The quantitative estimate of drug-likeness (QED) is 0.773. The molecule has 1 unspecified atom stereocenters. The van der Waals surface area contributed by atoms with Gasteiger partial charge in [0.15, 0.2) is 0 Å². The highest BCUT2D eigenvalue weighted by Gasteiger charge is 2.13. The first-order valence-corrected chi connectivity index (χ1v) is 7.66. The van der Waals surface area contributed by atoms with Crippen molar-refractivity contribution in [3.63, 3.8) is 0 Å². The van der Waals surface area contributed by atoms with Crippen LogP contribution < -0.4 is 5.32 Å². The first-order chi connectivity index (χ1) is 10.1. The van der Waals surface area contributed by atoms with Crippen molar-refractivity contribution in [1.82, 2.24) is 0 Å². The minimum absolute atomic E-state index is 0.0693. The molecule has 0 fully saturated rings. The largest absolute Gasteiger partial charge is 0.384 e. The predicted molar refractivity (Wildman–Crippen MR) is 90.5 cm³/mol. The Morgan fingerprint density at radius 1 is 1.10 bits per heavy atom. The van der Waals surface area contributed by atoms with E-state index in [4.69, 9.17) is 27.9 Å². The molecule has 1 atom stereocenters. The van der Waals surface area contributed by atoms with E-state index in [1.807, 2.05) is 24.3 Å². The maximum Gasteiger partial charge on any atom is 0.0644 e. The fourth-order valence-electron chi connectivity index (χ4n) is 2.26. The highest BCUT2D eigenvalue weighted by molar-refractivity contribution is 6.42. The smallest absolute Gasteiger partial charge is 0.0644 e. The lowest BCUT2D eigenvalue weighted by Crippen LogP contribution is -2.10. The molecule has 0 saturated carbocycles. The standard InChI is InChI=1S/C17H19Cl2NO/c1-12(14-7-5-8-15(18)17(14)19)20-16-9-4-3-6-13(16)10-11-21-2/h3-9,12,20H,10-11H2,1-2H3. The van der Waals surface area contributed by atoms with E-state index in [2.05, 4.69) is 24.4 Å². The molecule has 4 heteroatoms. The number of hydrogen-bond donors (Lipinski definition) is 1. The molecule has 0 saturated heterocycles. The Morgan fingerprint density at radius 2 is 1.86 bits per heavy atom. The minimum Gasteiger partial charge on any atom is -0.384 e. The van der Waals surface area contributed by atoms with Gasteiger partial charge in [0, 0.05) is 12.8 Å². The van der Waals surface area contributed by atoms with Crippen LogP contribution in [-0.2, 0) is 11.2 Å². The predicted octanol–water partition coefficient (Wildman–Crippen LogP) is 5.36. The van der Waals surface area contributed by atoms with Crippen molar-refractivity contribution < 1.29 is 4.74 Å². The molecule has 2 aromatic rings. The molecule has 0 amide bonds. The molecule has 2 rings (SSSR count). The molecule has 0 radical (unpaired) electrons. The van der Waals surface area contributed by atoms with Crippen LogP contribution in [0.15, 0.2) is 42.5 Å². The lowest BCUT2D eigenvalue weighted by Gasteiger charge is -2.20. The van der Waals surface area contributed by atoms with E-state index >= 15 is 0 Å². The first kappa shape index (κ1) is 16.2. The maximum absolute atomic E-state index is 6.29. The number of nitrogens with one attached hydrogen (secondary N) is 1. The summed E-state index contributed by atoms with van der Waals surface area (Å²) in [6.07, 6.45) is 0.871. The van der Waals surface area contributed by atoms with E-state index in [0.29, 0.717) is 16.7 Å². The zero-order valence-electron chi connectivity index (χ0n) is 12.2. The van der Waals surface area contributed by atoms with Crippen molar-refractivity contribution in [2.75, 3.05) is 19.0 Å². The second-order valence-corrected chi connectivity index (χ2v) is 5.69. The van der Waals surface area contributed by atoms with E-state index in [0.717, 1.165) is 17.7 Å². The Morgan fingerprint density at radius 3 is 2.62 bits per heavy atom. The van der Waals surface area contributed by atoms with Gasteiger partial charge in [-0.1, -0.05) is 53.5 Å². The molecule has 0 aliphatic rings. The lowest BCUT2D eigenvalue weighted by atomic mass is 10.1. The van der Waals surface area contributed by atoms with Gasteiger partial charge in [0.1, 0.15) is 0 Å². The van der Waals surface area contributed by atoms with Crippen molar-refractivity contribution in [1.29, 1.82) is 0 Å². The van der Waals surface area contributed by atoms with Crippen molar-refractivity contribution in [2.24, 2.45) is 0 Å². The molecule has 0 aromatic heterocycles. The minimum atomic E-state index is 0.0693. The summed E-state index contributed by atoms with van der Waals surface area (Å²) in [4.78, 5) is 0. The maximum atomic E-state index is 6.29. The van der Waals surface area contributed by atoms with Gasteiger partial charge in [0.2, 0.25) is 0 Å². The van der Waals surface area contributed by atoms with Gasteiger partial charge in [-0.15, -0.1) is 0 Å². The summed E-state index contributed by atoms with van der Waals surface area (Å²) in [7, 11) is 1.71. The van der Waals surface area contributed by atoms with Gasteiger partial charge in [-0.2, -0.15) is 0 Å². The summed E-state index contributed by atoms with van der Waals surface area (Å²) in [5.41, 5.74) is 3.31. The van der Waals surface area contributed by atoms with Crippen molar-refractivity contribution in [3.8, 4) is 0 Å². The van der Waals surface area contributed by atoms with Gasteiger partial charge in [0.05, 0.1) is 22.7 Å². The Bertz CT molecular complexity index is 601. The average molecular weight is 324 g/mol. The average Bonchev–Trinajstić information content (AvgIpc) is 2.49. The molecular formula is C17H19Cl2NO.